The van der Waals surface area contributed by atoms with Gasteiger partial charge in [0.1, 0.15) is 23.0 Å². The standard InChI is InChI=1S/C19H15F3N2O2/c20-19(21,22)12-9-13(25-17-7-3-1-5-15(17)23)11-14(10-12)26-18-8-4-2-6-16(18)24/h1-11H,23-24H2. The van der Waals surface area contributed by atoms with Crippen LogP contribution in [-0.2, 0) is 6.18 Å². The van der Waals surface area contributed by atoms with Gasteiger partial charge in [0, 0.05) is 6.07 Å². The normalized spacial score (nSPS) is 11.2. The van der Waals surface area contributed by atoms with Crippen molar-refractivity contribution in [1.29, 1.82) is 0 Å². The second-order valence-electron chi connectivity index (χ2n) is 5.47. The van der Waals surface area contributed by atoms with Gasteiger partial charge < -0.3 is 20.9 Å². The molecule has 0 amide bonds. The molecule has 3 rings (SSSR count). The van der Waals surface area contributed by atoms with E-state index in [-0.39, 0.29) is 23.0 Å². The molecule has 134 valence electrons. The van der Waals surface area contributed by atoms with Crippen molar-refractivity contribution in [2.45, 2.75) is 6.18 Å². The minimum Gasteiger partial charge on any atom is -0.455 e. The highest BCUT2D eigenvalue weighted by molar-refractivity contribution is 5.56. The fraction of sp³-hybridized carbons (Fsp3) is 0.0526. The van der Waals surface area contributed by atoms with Gasteiger partial charge in [-0.25, -0.2) is 0 Å². The van der Waals surface area contributed by atoms with Gasteiger partial charge in [0.05, 0.1) is 16.9 Å². The third kappa shape index (κ3) is 4.00. The molecule has 4 N–H and O–H groups in total. The van der Waals surface area contributed by atoms with E-state index < -0.39 is 11.7 Å². The zero-order chi connectivity index (χ0) is 18.7. The molecule has 0 aliphatic rings. The first kappa shape index (κ1) is 17.5. The van der Waals surface area contributed by atoms with Gasteiger partial charge in [0.2, 0.25) is 0 Å². The predicted octanol–water partition coefficient (Wildman–Crippen LogP) is 5.45. The predicted molar refractivity (Wildman–Crippen MR) is 93.3 cm³/mol. The van der Waals surface area contributed by atoms with Gasteiger partial charge in [-0.05, 0) is 36.4 Å². The zero-order valence-electron chi connectivity index (χ0n) is 13.5. The van der Waals surface area contributed by atoms with Crippen LogP contribution in [0.4, 0.5) is 24.5 Å². The first-order chi connectivity index (χ1) is 12.3. The Balaban J connectivity index is 1.99. The quantitative estimate of drug-likeness (QED) is 0.607. The van der Waals surface area contributed by atoms with Crippen molar-refractivity contribution in [1.82, 2.24) is 0 Å². The first-order valence-corrected chi connectivity index (χ1v) is 7.60. The van der Waals surface area contributed by atoms with Crippen molar-refractivity contribution in [3.63, 3.8) is 0 Å². The highest BCUT2D eigenvalue weighted by Gasteiger charge is 2.32. The van der Waals surface area contributed by atoms with Crippen molar-refractivity contribution in [3.05, 3.63) is 72.3 Å². The molecule has 0 aliphatic heterocycles. The summed E-state index contributed by atoms with van der Waals surface area (Å²) in [5.74, 6) is 0.387. The van der Waals surface area contributed by atoms with E-state index in [1.165, 1.54) is 6.07 Å². The molecule has 0 aromatic heterocycles. The maximum atomic E-state index is 13.2. The van der Waals surface area contributed by atoms with Crippen molar-refractivity contribution >= 4 is 11.4 Å². The SMILES string of the molecule is Nc1ccccc1Oc1cc(Oc2ccccc2N)cc(C(F)(F)F)c1. The van der Waals surface area contributed by atoms with E-state index in [2.05, 4.69) is 0 Å². The maximum Gasteiger partial charge on any atom is 0.416 e. The Labute approximate surface area is 147 Å². The van der Waals surface area contributed by atoms with E-state index >= 15 is 0 Å². The minimum atomic E-state index is -4.57. The molecule has 7 heteroatoms. The fourth-order valence-electron chi connectivity index (χ4n) is 2.25. The van der Waals surface area contributed by atoms with Gasteiger partial charge in [-0.15, -0.1) is 0 Å². The number of rotatable bonds is 4. The summed E-state index contributed by atoms with van der Waals surface area (Å²) < 4.78 is 50.7. The number of hydrogen-bond acceptors (Lipinski definition) is 4. The van der Waals surface area contributed by atoms with Crippen LogP contribution in [-0.4, -0.2) is 0 Å². The molecule has 0 saturated heterocycles. The van der Waals surface area contributed by atoms with Crippen LogP contribution in [0.3, 0.4) is 0 Å². The van der Waals surface area contributed by atoms with E-state index in [0.717, 1.165) is 12.1 Å². The third-order valence-corrected chi connectivity index (χ3v) is 3.50. The minimum absolute atomic E-state index is 0.0535. The molecule has 4 nitrogen and oxygen atoms in total. The molecule has 0 atom stereocenters. The smallest absolute Gasteiger partial charge is 0.416 e. The van der Waals surface area contributed by atoms with Crippen molar-refractivity contribution in [2.75, 3.05) is 11.5 Å². The van der Waals surface area contributed by atoms with E-state index in [4.69, 9.17) is 20.9 Å². The average Bonchev–Trinajstić information content (AvgIpc) is 2.58. The number of nitrogen functional groups attached to an aromatic ring is 2. The Morgan fingerprint density at radius 1 is 0.654 bits per heavy atom. The van der Waals surface area contributed by atoms with Crippen LogP contribution in [0.1, 0.15) is 5.56 Å². The highest BCUT2D eigenvalue weighted by Crippen LogP contribution is 2.39. The zero-order valence-corrected chi connectivity index (χ0v) is 13.5. The number of nitrogens with two attached hydrogens (primary N) is 2. The number of para-hydroxylation sites is 4. The van der Waals surface area contributed by atoms with E-state index in [1.54, 1.807) is 48.5 Å². The molecule has 0 heterocycles. The van der Waals surface area contributed by atoms with E-state index in [1.807, 2.05) is 0 Å². The fourth-order valence-corrected chi connectivity index (χ4v) is 2.25. The van der Waals surface area contributed by atoms with Crippen LogP contribution in [0.2, 0.25) is 0 Å². The van der Waals surface area contributed by atoms with Crippen molar-refractivity contribution < 1.29 is 22.6 Å². The Kier molecular flexibility index (Phi) is 4.62. The van der Waals surface area contributed by atoms with Crippen LogP contribution in [0.5, 0.6) is 23.0 Å². The first-order valence-electron chi connectivity index (χ1n) is 7.60. The Morgan fingerprint density at radius 2 is 1.08 bits per heavy atom. The Bertz CT molecular complexity index is 861. The number of hydrogen-bond donors (Lipinski definition) is 2. The lowest BCUT2D eigenvalue weighted by molar-refractivity contribution is -0.137. The van der Waals surface area contributed by atoms with Gasteiger partial charge in [-0.3, -0.25) is 0 Å². The van der Waals surface area contributed by atoms with Crippen LogP contribution >= 0.6 is 0 Å². The molecule has 0 saturated carbocycles. The second-order valence-corrected chi connectivity index (χ2v) is 5.47. The number of alkyl halides is 3. The Morgan fingerprint density at radius 3 is 1.46 bits per heavy atom. The van der Waals surface area contributed by atoms with Gasteiger partial charge >= 0.3 is 6.18 Å². The van der Waals surface area contributed by atoms with Crippen LogP contribution in [0.25, 0.3) is 0 Å². The summed E-state index contributed by atoms with van der Waals surface area (Å²) in [6, 6.07) is 16.1. The molecule has 26 heavy (non-hydrogen) atoms. The molecule has 0 fully saturated rings. The van der Waals surface area contributed by atoms with Crippen LogP contribution < -0.4 is 20.9 Å². The molecule has 3 aromatic carbocycles. The summed E-state index contributed by atoms with van der Waals surface area (Å²) in [7, 11) is 0. The molecule has 0 aliphatic carbocycles. The summed E-state index contributed by atoms with van der Waals surface area (Å²) in [5, 5.41) is 0. The van der Waals surface area contributed by atoms with Crippen molar-refractivity contribution in [3.8, 4) is 23.0 Å². The largest absolute Gasteiger partial charge is 0.455 e. The average molecular weight is 360 g/mol. The summed E-state index contributed by atoms with van der Waals surface area (Å²) in [6.45, 7) is 0. The number of ether oxygens (including phenoxy) is 2. The van der Waals surface area contributed by atoms with E-state index in [0.29, 0.717) is 11.4 Å². The monoisotopic (exact) mass is 360 g/mol. The van der Waals surface area contributed by atoms with Crippen molar-refractivity contribution in [2.24, 2.45) is 0 Å². The molecule has 3 aromatic rings. The van der Waals surface area contributed by atoms with Crippen LogP contribution in [0, 0.1) is 0 Å². The van der Waals surface area contributed by atoms with Gasteiger partial charge in [0.25, 0.3) is 0 Å². The van der Waals surface area contributed by atoms with Gasteiger partial charge in [-0.2, -0.15) is 13.2 Å². The lowest BCUT2D eigenvalue weighted by Crippen LogP contribution is -2.05. The maximum absolute atomic E-state index is 13.2. The molecule has 0 unspecified atom stereocenters. The summed E-state index contributed by atoms with van der Waals surface area (Å²) >= 11 is 0. The summed E-state index contributed by atoms with van der Waals surface area (Å²) in [5.41, 5.74) is 11.3. The lowest BCUT2D eigenvalue weighted by atomic mass is 10.2. The van der Waals surface area contributed by atoms with E-state index in [9.17, 15) is 13.2 Å². The highest BCUT2D eigenvalue weighted by atomic mass is 19.4. The molecular formula is C19H15F3N2O2. The number of benzene rings is 3. The van der Waals surface area contributed by atoms with Crippen LogP contribution in [0.15, 0.2) is 66.7 Å². The second kappa shape index (κ2) is 6.87. The number of halogens is 3. The molecule has 0 spiro atoms. The Hall–Kier alpha value is -3.35. The summed E-state index contributed by atoms with van der Waals surface area (Å²) in [6.07, 6.45) is -4.57. The van der Waals surface area contributed by atoms with Gasteiger partial charge in [-0.1, -0.05) is 24.3 Å². The lowest BCUT2D eigenvalue weighted by Gasteiger charge is -2.15. The topological polar surface area (TPSA) is 70.5 Å². The number of anilines is 2. The molecule has 0 radical (unpaired) electrons. The third-order valence-electron chi connectivity index (χ3n) is 3.50. The summed E-state index contributed by atoms with van der Waals surface area (Å²) in [4.78, 5) is 0. The van der Waals surface area contributed by atoms with Gasteiger partial charge in [0.15, 0.2) is 0 Å². The molecule has 0 bridgehead atoms. The molecular weight excluding hydrogens is 345 g/mol.